The molecular formula is C12H11FN4O2. The van der Waals surface area contributed by atoms with Crippen molar-refractivity contribution < 1.29 is 9.31 Å². The quantitative estimate of drug-likeness (QED) is 0.655. The minimum absolute atomic E-state index is 0.191. The van der Waals surface area contributed by atoms with E-state index >= 15 is 0 Å². The summed E-state index contributed by atoms with van der Waals surface area (Å²) < 4.78 is 13.1. The molecule has 7 heteroatoms. The van der Waals surface area contributed by atoms with Crippen molar-refractivity contribution in [3.05, 3.63) is 51.8 Å². The van der Waals surface area contributed by atoms with Crippen LogP contribution in [0.2, 0.25) is 0 Å². The van der Waals surface area contributed by atoms with E-state index in [0.717, 1.165) is 5.56 Å². The number of nitrogens with one attached hydrogen (secondary N) is 1. The van der Waals surface area contributed by atoms with Gasteiger partial charge in [0.05, 0.1) is 4.92 Å². The normalized spacial score (nSPS) is 10.2. The summed E-state index contributed by atoms with van der Waals surface area (Å²) in [4.78, 5) is 13.9. The molecule has 0 amide bonds. The van der Waals surface area contributed by atoms with E-state index in [1.807, 2.05) is 0 Å². The Morgan fingerprint density at radius 3 is 2.74 bits per heavy atom. The summed E-state index contributed by atoms with van der Waals surface area (Å²) in [5.41, 5.74) is 6.56. The molecule has 0 saturated heterocycles. The molecule has 2 rings (SSSR count). The van der Waals surface area contributed by atoms with Crippen LogP contribution in [0.3, 0.4) is 0 Å². The third-order valence-corrected chi connectivity index (χ3v) is 2.56. The fourth-order valence-corrected chi connectivity index (χ4v) is 1.56. The second kappa shape index (κ2) is 4.89. The molecule has 0 atom stereocenters. The van der Waals surface area contributed by atoms with Crippen LogP contribution in [-0.4, -0.2) is 9.91 Å². The molecule has 19 heavy (non-hydrogen) atoms. The van der Waals surface area contributed by atoms with Crippen LogP contribution in [0.25, 0.3) is 0 Å². The van der Waals surface area contributed by atoms with Crippen molar-refractivity contribution in [2.45, 2.75) is 6.92 Å². The van der Waals surface area contributed by atoms with Gasteiger partial charge in [-0.05, 0) is 30.7 Å². The Morgan fingerprint density at radius 2 is 2.11 bits per heavy atom. The molecule has 0 aliphatic rings. The molecule has 98 valence electrons. The smallest absolute Gasteiger partial charge is 0.311 e. The Bertz CT molecular complexity index is 646. The number of hydrogen-bond acceptors (Lipinski definition) is 5. The van der Waals surface area contributed by atoms with E-state index < -0.39 is 4.92 Å². The highest BCUT2D eigenvalue weighted by Gasteiger charge is 2.13. The fourth-order valence-electron chi connectivity index (χ4n) is 1.56. The molecule has 0 aliphatic carbocycles. The van der Waals surface area contributed by atoms with Crippen molar-refractivity contribution in [1.29, 1.82) is 0 Å². The lowest BCUT2D eigenvalue weighted by atomic mass is 10.2. The van der Waals surface area contributed by atoms with Gasteiger partial charge in [-0.3, -0.25) is 10.1 Å². The van der Waals surface area contributed by atoms with Gasteiger partial charge in [0.15, 0.2) is 0 Å². The summed E-state index contributed by atoms with van der Waals surface area (Å²) in [5, 5.41) is 13.5. The molecule has 0 spiro atoms. The Labute approximate surface area is 108 Å². The highest BCUT2D eigenvalue weighted by Crippen LogP contribution is 2.24. The lowest BCUT2D eigenvalue weighted by Crippen LogP contribution is -2.02. The monoisotopic (exact) mass is 262 g/mol. The zero-order chi connectivity index (χ0) is 14.0. The molecule has 0 bridgehead atoms. The lowest BCUT2D eigenvalue weighted by molar-refractivity contribution is -0.384. The van der Waals surface area contributed by atoms with Gasteiger partial charge < -0.3 is 11.1 Å². The van der Waals surface area contributed by atoms with E-state index in [4.69, 9.17) is 5.73 Å². The van der Waals surface area contributed by atoms with Crippen LogP contribution in [0.5, 0.6) is 0 Å². The molecule has 0 aliphatic heterocycles. The Morgan fingerprint density at radius 1 is 1.37 bits per heavy atom. The summed E-state index contributed by atoms with van der Waals surface area (Å²) in [5.74, 6) is -0.260. The van der Waals surface area contributed by atoms with E-state index in [1.54, 1.807) is 13.0 Å². The number of aromatic nitrogens is 1. The average Bonchev–Trinajstić information content (AvgIpc) is 2.33. The molecule has 0 fully saturated rings. The number of pyridine rings is 1. The van der Waals surface area contributed by atoms with E-state index in [1.165, 1.54) is 24.3 Å². The number of halogens is 1. The first kappa shape index (κ1) is 12.7. The fraction of sp³-hybridized carbons (Fsp3) is 0.0833. The van der Waals surface area contributed by atoms with Crippen LogP contribution in [0.15, 0.2) is 30.3 Å². The SMILES string of the molecule is Cc1ccc(F)cc1Nc1ccc([N+](=O)[O-])c(N)n1. The van der Waals surface area contributed by atoms with Crippen LogP contribution in [0.4, 0.5) is 27.4 Å². The predicted molar refractivity (Wildman–Crippen MR) is 69.7 cm³/mol. The first-order valence-electron chi connectivity index (χ1n) is 5.41. The van der Waals surface area contributed by atoms with Crippen LogP contribution >= 0.6 is 0 Å². The van der Waals surface area contributed by atoms with Crippen molar-refractivity contribution in [2.24, 2.45) is 0 Å². The molecule has 1 aromatic heterocycles. The second-order valence-electron chi connectivity index (χ2n) is 3.94. The molecule has 0 unspecified atom stereocenters. The topological polar surface area (TPSA) is 94.1 Å². The van der Waals surface area contributed by atoms with Gasteiger partial charge in [-0.2, -0.15) is 0 Å². The van der Waals surface area contributed by atoms with E-state index in [0.29, 0.717) is 11.5 Å². The van der Waals surface area contributed by atoms with Crippen LogP contribution in [0.1, 0.15) is 5.56 Å². The van der Waals surface area contributed by atoms with Gasteiger partial charge in [-0.1, -0.05) is 6.07 Å². The maximum absolute atomic E-state index is 13.1. The number of nitrogen functional groups attached to an aromatic ring is 1. The number of hydrogen-bond donors (Lipinski definition) is 2. The number of nitro groups is 1. The number of aryl methyl sites for hydroxylation is 1. The minimum atomic E-state index is -0.612. The zero-order valence-electron chi connectivity index (χ0n) is 10.1. The Hall–Kier alpha value is -2.70. The summed E-state index contributed by atoms with van der Waals surface area (Å²) >= 11 is 0. The zero-order valence-corrected chi connectivity index (χ0v) is 10.1. The molecule has 6 nitrogen and oxygen atoms in total. The van der Waals surface area contributed by atoms with E-state index in [-0.39, 0.29) is 17.3 Å². The Kier molecular flexibility index (Phi) is 3.28. The molecule has 2 aromatic rings. The largest absolute Gasteiger partial charge is 0.378 e. The Balaban J connectivity index is 2.31. The van der Waals surface area contributed by atoms with Gasteiger partial charge >= 0.3 is 5.69 Å². The standard InChI is InChI=1S/C12H11FN4O2/c1-7-2-3-8(13)6-9(7)15-11-5-4-10(17(18)19)12(14)16-11/h2-6H,1H3,(H3,14,15,16). The molecule has 0 radical (unpaired) electrons. The predicted octanol–water partition coefficient (Wildman–Crippen LogP) is 2.76. The molecule has 0 saturated carbocycles. The van der Waals surface area contributed by atoms with Crippen molar-refractivity contribution >= 4 is 23.0 Å². The van der Waals surface area contributed by atoms with Gasteiger partial charge in [-0.15, -0.1) is 0 Å². The number of anilines is 3. The van der Waals surface area contributed by atoms with Gasteiger partial charge in [0.2, 0.25) is 5.82 Å². The number of rotatable bonds is 3. The molecule has 1 heterocycles. The highest BCUT2D eigenvalue weighted by molar-refractivity contribution is 5.64. The molecule has 3 N–H and O–H groups in total. The average molecular weight is 262 g/mol. The first-order chi connectivity index (χ1) is 8.97. The summed E-state index contributed by atoms with van der Waals surface area (Å²) in [6, 6.07) is 6.94. The van der Waals surface area contributed by atoms with Gasteiger partial charge in [0.25, 0.3) is 0 Å². The maximum Gasteiger partial charge on any atom is 0.311 e. The molecular weight excluding hydrogens is 251 g/mol. The first-order valence-corrected chi connectivity index (χ1v) is 5.41. The number of nitrogens with two attached hydrogens (primary N) is 1. The van der Waals surface area contributed by atoms with Crippen molar-refractivity contribution in [2.75, 3.05) is 11.1 Å². The van der Waals surface area contributed by atoms with Crippen LogP contribution < -0.4 is 11.1 Å². The van der Waals surface area contributed by atoms with Crippen molar-refractivity contribution in [3.8, 4) is 0 Å². The minimum Gasteiger partial charge on any atom is -0.378 e. The van der Waals surface area contributed by atoms with Crippen molar-refractivity contribution in [1.82, 2.24) is 4.98 Å². The van der Waals surface area contributed by atoms with Gasteiger partial charge in [0.1, 0.15) is 11.6 Å². The second-order valence-corrected chi connectivity index (χ2v) is 3.94. The maximum atomic E-state index is 13.1. The van der Waals surface area contributed by atoms with E-state index in [9.17, 15) is 14.5 Å². The molecule has 1 aromatic carbocycles. The third-order valence-electron chi connectivity index (χ3n) is 2.56. The van der Waals surface area contributed by atoms with Gasteiger partial charge in [0, 0.05) is 11.8 Å². The lowest BCUT2D eigenvalue weighted by Gasteiger charge is -2.09. The van der Waals surface area contributed by atoms with Crippen LogP contribution in [-0.2, 0) is 0 Å². The van der Waals surface area contributed by atoms with Crippen molar-refractivity contribution in [3.63, 3.8) is 0 Å². The van der Waals surface area contributed by atoms with E-state index in [2.05, 4.69) is 10.3 Å². The summed E-state index contributed by atoms with van der Waals surface area (Å²) in [7, 11) is 0. The van der Waals surface area contributed by atoms with Gasteiger partial charge in [-0.25, -0.2) is 9.37 Å². The third kappa shape index (κ3) is 2.76. The highest BCUT2D eigenvalue weighted by atomic mass is 19.1. The number of benzene rings is 1. The van der Waals surface area contributed by atoms with Crippen LogP contribution in [0, 0.1) is 22.9 Å². The number of nitrogens with zero attached hydrogens (tertiary/aromatic N) is 2. The summed E-state index contributed by atoms with van der Waals surface area (Å²) in [6.07, 6.45) is 0. The summed E-state index contributed by atoms with van der Waals surface area (Å²) in [6.45, 7) is 1.80.